The van der Waals surface area contributed by atoms with Crippen LogP contribution in [0, 0.1) is 11.8 Å². The van der Waals surface area contributed by atoms with Crippen molar-refractivity contribution < 1.29 is 14.3 Å². The maximum Gasteiger partial charge on any atom is 0.318 e. The Labute approximate surface area is 90.6 Å². The standard InChI is InChI=1S/C11H19NO3/c1-4-15-11(14)9-5-6-12(10(9)13)7-8(2)3/h8-9H,4-7H2,1-3H3/t9-/m0/s1. The Hall–Kier alpha value is -1.06. The van der Waals surface area contributed by atoms with Gasteiger partial charge < -0.3 is 9.64 Å². The third-order valence-electron chi connectivity index (χ3n) is 2.45. The Morgan fingerprint density at radius 1 is 1.60 bits per heavy atom. The van der Waals surface area contributed by atoms with Gasteiger partial charge in [-0.1, -0.05) is 13.8 Å². The van der Waals surface area contributed by atoms with E-state index in [0.717, 1.165) is 6.54 Å². The number of carbonyl (C=O) groups is 2. The van der Waals surface area contributed by atoms with Crippen molar-refractivity contribution in [3.05, 3.63) is 0 Å². The van der Waals surface area contributed by atoms with Crippen LogP contribution < -0.4 is 0 Å². The highest BCUT2D eigenvalue weighted by molar-refractivity contribution is 5.99. The summed E-state index contributed by atoms with van der Waals surface area (Å²) in [5.41, 5.74) is 0. The summed E-state index contributed by atoms with van der Waals surface area (Å²) in [5, 5.41) is 0. The highest BCUT2D eigenvalue weighted by atomic mass is 16.5. The van der Waals surface area contributed by atoms with E-state index >= 15 is 0 Å². The molecule has 1 aliphatic rings. The second-order valence-corrected chi connectivity index (χ2v) is 4.27. The summed E-state index contributed by atoms with van der Waals surface area (Å²) in [7, 11) is 0. The minimum absolute atomic E-state index is 0.0675. The van der Waals surface area contributed by atoms with Crippen LogP contribution in [0.1, 0.15) is 27.2 Å². The van der Waals surface area contributed by atoms with E-state index < -0.39 is 5.92 Å². The van der Waals surface area contributed by atoms with Crippen molar-refractivity contribution in [2.75, 3.05) is 19.7 Å². The quantitative estimate of drug-likeness (QED) is 0.518. The second kappa shape index (κ2) is 5.14. The Balaban J connectivity index is 2.52. The Morgan fingerprint density at radius 3 is 2.80 bits per heavy atom. The highest BCUT2D eigenvalue weighted by Gasteiger charge is 2.37. The van der Waals surface area contributed by atoms with Gasteiger partial charge in [0.05, 0.1) is 6.61 Å². The fourth-order valence-corrected chi connectivity index (χ4v) is 1.82. The maximum absolute atomic E-state index is 11.8. The first-order valence-electron chi connectivity index (χ1n) is 5.51. The summed E-state index contributed by atoms with van der Waals surface area (Å²) in [6, 6.07) is 0. The summed E-state index contributed by atoms with van der Waals surface area (Å²) in [5.74, 6) is -0.547. The number of nitrogens with zero attached hydrogens (tertiary/aromatic N) is 1. The molecule has 0 N–H and O–H groups in total. The topological polar surface area (TPSA) is 46.6 Å². The second-order valence-electron chi connectivity index (χ2n) is 4.27. The van der Waals surface area contributed by atoms with Crippen LogP contribution in [0.4, 0.5) is 0 Å². The molecular weight excluding hydrogens is 194 g/mol. The van der Waals surface area contributed by atoms with Gasteiger partial charge in [0.2, 0.25) is 5.91 Å². The van der Waals surface area contributed by atoms with E-state index in [0.29, 0.717) is 25.5 Å². The van der Waals surface area contributed by atoms with Gasteiger partial charge in [-0.2, -0.15) is 0 Å². The molecular formula is C11H19NO3. The molecule has 0 saturated carbocycles. The first-order valence-corrected chi connectivity index (χ1v) is 5.51. The Bertz CT molecular complexity index is 250. The zero-order valence-corrected chi connectivity index (χ0v) is 9.66. The molecule has 0 radical (unpaired) electrons. The van der Waals surface area contributed by atoms with E-state index in [-0.39, 0.29) is 11.9 Å². The summed E-state index contributed by atoms with van der Waals surface area (Å²) in [6.45, 7) is 7.63. The maximum atomic E-state index is 11.8. The summed E-state index contributed by atoms with van der Waals surface area (Å²) in [4.78, 5) is 25.0. The Kier molecular flexibility index (Phi) is 4.12. The minimum Gasteiger partial charge on any atom is -0.465 e. The van der Waals surface area contributed by atoms with Gasteiger partial charge in [0.15, 0.2) is 0 Å². The summed E-state index contributed by atoms with van der Waals surface area (Å²) >= 11 is 0. The average molecular weight is 213 g/mol. The lowest BCUT2D eigenvalue weighted by molar-refractivity contribution is -0.152. The third-order valence-corrected chi connectivity index (χ3v) is 2.45. The molecule has 1 heterocycles. The van der Waals surface area contributed by atoms with Crippen molar-refractivity contribution in [3.8, 4) is 0 Å². The molecule has 4 nitrogen and oxygen atoms in total. The van der Waals surface area contributed by atoms with Crippen molar-refractivity contribution in [1.82, 2.24) is 4.90 Å². The number of amides is 1. The zero-order chi connectivity index (χ0) is 11.4. The zero-order valence-electron chi connectivity index (χ0n) is 9.66. The molecule has 1 rings (SSSR count). The SMILES string of the molecule is CCOC(=O)[C@H]1CCN(CC(C)C)C1=O. The molecule has 0 aromatic heterocycles. The predicted molar refractivity (Wildman–Crippen MR) is 56.2 cm³/mol. The van der Waals surface area contributed by atoms with Crippen LogP contribution in [0.3, 0.4) is 0 Å². The first-order chi connectivity index (χ1) is 7.06. The number of hydrogen-bond donors (Lipinski definition) is 0. The monoisotopic (exact) mass is 213 g/mol. The molecule has 15 heavy (non-hydrogen) atoms. The van der Waals surface area contributed by atoms with E-state index in [2.05, 4.69) is 13.8 Å². The van der Waals surface area contributed by atoms with Gasteiger partial charge in [-0.05, 0) is 19.3 Å². The van der Waals surface area contributed by atoms with Gasteiger partial charge in [-0.15, -0.1) is 0 Å². The number of hydrogen-bond acceptors (Lipinski definition) is 3. The van der Waals surface area contributed by atoms with Crippen LogP contribution in [-0.2, 0) is 14.3 Å². The van der Waals surface area contributed by atoms with Crippen LogP contribution in [0.5, 0.6) is 0 Å². The van der Waals surface area contributed by atoms with Gasteiger partial charge in [0.25, 0.3) is 0 Å². The first kappa shape index (κ1) is 12.0. The van der Waals surface area contributed by atoms with Crippen LogP contribution in [0.15, 0.2) is 0 Å². The van der Waals surface area contributed by atoms with E-state index in [1.165, 1.54) is 0 Å². The lowest BCUT2D eigenvalue weighted by atomic mass is 10.1. The minimum atomic E-state index is -0.552. The van der Waals surface area contributed by atoms with Crippen molar-refractivity contribution in [3.63, 3.8) is 0 Å². The number of rotatable bonds is 4. The van der Waals surface area contributed by atoms with Gasteiger partial charge in [0.1, 0.15) is 5.92 Å². The molecule has 0 aliphatic carbocycles. The number of ether oxygens (including phenoxy) is 1. The molecule has 1 saturated heterocycles. The van der Waals surface area contributed by atoms with Crippen LogP contribution in [0.2, 0.25) is 0 Å². The largest absolute Gasteiger partial charge is 0.465 e. The van der Waals surface area contributed by atoms with Gasteiger partial charge in [-0.25, -0.2) is 0 Å². The molecule has 0 spiro atoms. The average Bonchev–Trinajstić information content (AvgIpc) is 2.48. The molecule has 1 amide bonds. The number of carbonyl (C=O) groups excluding carboxylic acids is 2. The van der Waals surface area contributed by atoms with E-state index in [1.54, 1.807) is 11.8 Å². The summed E-state index contributed by atoms with van der Waals surface area (Å²) in [6.07, 6.45) is 0.602. The van der Waals surface area contributed by atoms with Crippen molar-refractivity contribution >= 4 is 11.9 Å². The van der Waals surface area contributed by atoms with Gasteiger partial charge in [-0.3, -0.25) is 9.59 Å². The van der Waals surface area contributed by atoms with Gasteiger partial charge >= 0.3 is 5.97 Å². The molecule has 0 unspecified atom stereocenters. The van der Waals surface area contributed by atoms with Crippen molar-refractivity contribution in [2.45, 2.75) is 27.2 Å². The normalized spacial score (nSPS) is 21.2. The molecule has 1 fully saturated rings. The van der Waals surface area contributed by atoms with Crippen LogP contribution >= 0.6 is 0 Å². The lowest BCUT2D eigenvalue weighted by Crippen LogP contribution is -2.33. The summed E-state index contributed by atoms with van der Waals surface area (Å²) < 4.78 is 4.86. The van der Waals surface area contributed by atoms with Crippen molar-refractivity contribution in [2.24, 2.45) is 11.8 Å². The number of esters is 1. The third kappa shape index (κ3) is 2.94. The fourth-order valence-electron chi connectivity index (χ4n) is 1.82. The van der Waals surface area contributed by atoms with Gasteiger partial charge in [0, 0.05) is 13.1 Å². The molecule has 4 heteroatoms. The van der Waals surface area contributed by atoms with E-state index in [1.807, 2.05) is 0 Å². The van der Waals surface area contributed by atoms with E-state index in [9.17, 15) is 9.59 Å². The molecule has 0 aromatic rings. The highest BCUT2D eigenvalue weighted by Crippen LogP contribution is 2.20. The molecule has 86 valence electrons. The lowest BCUT2D eigenvalue weighted by Gasteiger charge is -2.18. The molecule has 1 aliphatic heterocycles. The molecule has 1 atom stereocenters. The Morgan fingerprint density at radius 2 is 2.27 bits per heavy atom. The smallest absolute Gasteiger partial charge is 0.318 e. The molecule has 0 aromatic carbocycles. The molecule has 0 bridgehead atoms. The fraction of sp³-hybridized carbons (Fsp3) is 0.818. The van der Waals surface area contributed by atoms with Crippen LogP contribution in [-0.4, -0.2) is 36.5 Å². The predicted octanol–water partition coefficient (Wildman–Crippen LogP) is 1.05. The van der Waals surface area contributed by atoms with Crippen molar-refractivity contribution in [1.29, 1.82) is 0 Å². The number of likely N-dealkylation sites (tertiary alicyclic amines) is 1. The van der Waals surface area contributed by atoms with E-state index in [4.69, 9.17) is 4.74 Å². The van der Waals surface area contributed by atoms with Crippen LogP contribution in [0.25, 0.3) is 0 Å².